The highest BCUT2D eigenvalue weighted by atomic mass is 16.5. The van der Waals surface area contributed by atoms with Gasteiger partial charge in [-0.05, 0) is 24.8 Å². The molecule has 0 bridgehead atoms. The van der Waals surface area contributed by atoms with Crippen molar-refractivity contribution >= 4 is 6.09 Å². The summed E-state index contributed by atoms with van der Waals surface area (Å²) in [6.07, 6.45) is 8.64. The number of unbranched alkanes of at least 4 members (excludes halogenated alkanes) is 2. The minimum Gasteiger partial charge on any atom is -0.445 e. The van der Waals surface area contributed by atoms with Gasteiger partial charge in [-0.25, -0.2) is 4.79 Å². The molecule has 0 aliphatic rings. The summed E-state index contributed by atoms with van der Waals surface area (Å²) in [5.74, 6) is 0. The Morgan fingerprint density at radius 2 is 2.00 bits per heavy atom. The maximum atomic E-state index is 11.4. The third kappa shape index (κ3) is 7.82. The Kier molecular flexibility index (Phi) is 7.87. The number of hydrogen-bond acceptors (Lipinski definition) is 2. The summed E-state index contributed by atoms with van der Waals surface area (Å²) >= 11 is 0. The van der Waals surface area contributed by atoms with Crippen molar-refractivity contribution < 1.29 is 9.53 Å². The van der Waals surface area contributed by atoms with Crippen molar-refractivity contribution in [2.45, 2.75) is 25.9 Å². The summed E-state index contributed by atoms with van der Waals surface area (Å²) in [6, 6.07) is 9.62. The fourth-order valence-corrected chi connectivity index (χ4v) is 1.50. The standard InChI is InChI=1S/C16H21NO2/c1-2-3-4-5-6-10-13-17-16(18)19-14-15-11-8-7-9-12-15/h2,6-12H,1,3-5,13-14H2,(H,17,18)/b10-6+. The van der Waals surface area contributed by atoms with Gasteiger partial charge >= 0.3 is 6.09 Å². The monoisotopic (exact) mass is 259 g/mol. The van der Waals surface area contributed by atoms with Crippen LogP contribution in [0.15, 0.2) is 55.1 Å². The first kappa shape index (κ1) is 15.0. The van der Waals surface area contributed by atoms with E-state index in [-0.39, 0.29) is 6.09 Å². The van der Waals surface area contributed by atoms with Gasteiger partial charge in [0.2, 0.25) is 0 Å². The number of amides is 1. The maximum Gasteiger partial charge on any atom is 0.407 e. The summed E-state index contributed by atoms with van der Waals surface area (Å²) in [4.78, 5) is 11.4. The van der Waals surface area contributed by atoms with Crippen LogP contribution in [0.1, 0.15) is 24.8 Å². The molecule has 0 atom stereocenters. The van der Waals surface area contributed by atoms with Crippen molar-refractivity contribution in [1.29, 1.82) is 0 Å². The van der Waals surface area contributed by atoms with Crippen molar-refractivity contribution in [2.24, 2.45) is 0 Å². The highest BCUT2D eigenvalue weighted by Gasteiger charge is 1.99. The van der Waals surface area contributed by atoms with E-state index in [0.717, 1.165) is 24.8 Å². The highest BCUT2D eigenvalue weighted by Crippen LogP contribution is 2.00. The van der Waals surface area contributed by atoms with Crippen molar-refractivity contribution in [3.8, 4) is 0 Å². The molecule has 3 nitrogen and oxygen atoms in total. The van der Waals surface area contributed by atoms with Crippen LogP contribution in [0, 0.1) is 0 Å². The number of nitrogens with one attached hydrogen (secondary N) is 1. The number of carbonyl (C=O) groups is 1. The number of alkyl carbamates (subject to hydrolysis) is 1. The number of carbonyl (C=O) groups excluding carboxylic acids is 1. The van der Waals surface area contributed by atoms with Gasteiger partial charge in [0, 0.05) is 6.54 Å². The van der Waals surface area contributed by atoms with E-state index in [1.165, 1.54) is 0 Å². The fourth-order valence-electron chi connectivity index (χ4n) is 1.50. The first-order valence-electron chi connectivity index (χ1n) is 6.53. The predicted molar refractivity (Wildman–Crippen MR) is 77.8 cm³/mol. The third-order valence-corrected chi connectivity index (χ3v) is 2.52. The molecule has 1 amide bonds. The average Bonchev–Trinajstić information content (AvgIpc) is 2.45. The average molecular weight is 259 g/mol. The number of rotatable bonds is 8. The van der Waals surface area contributed by atoms with Gasteiger partial charge in [0.15, 0.2) is 0 Å². The molecular weight excluding hydrogens is 238 g/mol. The van der Waals surface area contributed by atoms with Gasteiger partial charge in [-0.3, -0.25) is 0 Å². The summed E-state index contributed by atoms with van der Waals surface area (Å²) in [5, 5.41) is 2.68. The van der Waals surface area contributed by atoms with Gasteiger partial charge in [0.25, 0.3) is 0 Å². The van der Waals surface area contributed by atoms with E-state index in [1.807, 2.05) is 42.5 Å². The Balaban J connectivity index is 2.06. The minimum absolute atomic E-state index is 0.301. The van der Waals surface area contributed by atoms with E-state index in [2.05, 4.69) is 18.0 Å². The lowest BCUT2D eigenvalue weighted by molar-refractivity contribution is 0.140. The van der Waals surface area contributed by atoms with Crippen molar-refractivity contribution in [2.75, 3.05) is 6.54 Å². The predicted octanol–water partition coefficient (Wildman–Crippen LogP) is 3.83. The van der Waals surface area contributed by atoms with Gasteiger partial charge in [0.1, 0.15) is 6.61 Å². The van der Waals surface area contributed by atoms with E-state index in [0.29, 0.717) is 13.2 Å². The molecule has 0 aliphatic heterocycles. The number of benzene rings is 1. The molecule has 1 N–H and O–H groups in total. The lowest BCUT2D eigenvalue weighted by Gasteiger charge is -2.05. The van der Waals surface area contributed by atoms with Gasteiger partial charge in [-0.15, -0.1) is 6.58 Å². The third-order valence-electron chi connectivity index (χ3n) is 2.52. The molecule has 0 saturated heterocycles. The second kappa shape index (κ2) is 9.95. The molecule has 0 unspecified atom stereocenters. The van der Waals surface area contributed by atoms with Gasteiger partial charge in [-0.1, -0.05) is 48.6 Å². The molecule has 19 heavy (non-hydrogen) atoms. The van der Waals surface area contributed by atoms with Crippen LogP contribution in [0.3, 0.4) is 0 Å². The van der Waals surface area contributed by atoms with E-state index >= 15 is 0 Å². The first-order valence-corrected chi connectivity index (χ1v) is 6.53. The Hall–Kier alpha value is -2.03. The molecule has 1 aromatic rings. The van der Waals surface area contributed by atoms with Crippen molar-refractivity contribution in [1.82, 2.24) is 5.32 Å². The van der Waals surface area contributed by atoms with Crippen LogP contribution >= 0.6 is 0 Å². The summed E-state index contributed by atoms with van der Waals surface area (Å²) in [6.45, 7) is 4.47. The molecule has 0 heterocycles. The molecule has 0 fully saturated rings. The van der Waals surface area contributed by atoms with Crippen LogP contribution in [-0.2, 0) is 11.3 Å². The van der Waals surface area contributed by atoms with Crippen LogP contribution in [0.25, 0.3) is 0 Å². The zero-order valence-electron chi connectivity index (χ0n) is 11.2. The lowest BCUT2D eigenvalue weighted by atomic mass is 10.2. The van der Waals surface area contributed by atoms with Crippen LogP contribution < -0.4 is 5.32 Å². The highest BCUT2D eigenvalue weighted by molar-refractivity contribution is 5.67. The Morgan fingerprint density at radius 3 is 2.74 bits per heavy atom. The lowest BCUT2D eigenvalue weighted by Crippen LogP contribution is -2.24. The maximum absolute atomic E-state index is 11.4. The summed E-state index contributed by atoms with van der Waals surface area (Å²) in [7, 11) is 0. The topological polar surface area (TPSA) is 38.3 Å². The van der Waals surface area contributed by atoms with Gasteiger partial charge in [-0.2, -0.15) is 0 Å². The van der Waals surface area contributed by atoms with E-state index < -0.39 is 0 Å². The largest absolute Gasteiger partial charge is 0.445 e. The molecule has 0 radical (unpaired) electrons. The molecule has 0 aromatic heterocycles. The van der Waals surface area contributed by atoms with E-state index in [1.54, 1.807) is 0 Å². The number of allylic oxidation sites excluding steroid dienone is 2. The van der Waals surface area contributed by atoms with Crippen molar-refractivity contribution in [3.63, 3.8) is 0 Å². The summed E-state index contributed by atoms with van der Waals surface area (Å²) in [5.41, 5.74) is 0.984. The molecule has 0 aliphatic carbocycles. The fraction of sp³-hybridized carbons (Fsp3) is 0.312. The van der Waals surface area contributed by atoms with Crippen molar-refractivity contribution in [3.05, 3.63) is 60.7 Å². The molecule has 1 rings (SSSR count). The second-order valence-corrected chi connectivity index (χ2v) is 4.13. The van der Waals surface area contributed by atoms with Gasteiger partial charge < -0.3 is 10.1 Å². The molecule has 0 spiro atoms. The normalized spacial score (nSPS) is 10.3. The first-order chi connectivity index (χ1) is 9.33. The van der Waals surface area contributed by atoms with Crippen LogP contribution in [0.5, 0.6) is 0 Å². The molecule has 1 aromatic carbocycles. The molecule has 3 heteroatoms. The smallest absolute Gasteiger partial charge is 0.407 e. The molecule has 102 valence electrons. The van der Waals surface area contributed by atoms with Gasteiger partial charge in [0.05, 0.1) is 0 Å². The van der Waals surface area contributed by atoms with Crippen LogP contribution in [0.4, 0.5) is 4.79 Å². The van der Waals surface area contributed by atoms with Crippen LogP contribution in [-0.4, -0.2) is 12.6 Å². The SMILES string of the molecule is C=CCCC/C=C/CNC(=O)OCc1ccccc1. The summed E-state index contributed by atoms with van der Waals surface area (Å²) < 4.78 is 5.08. The zero-order valence-corrected chi connectivity index (χ0v) is 11.2. The zero-order chi connectivity index (χ0) is 13.8. The minimum atomic E-state index is -0.389. The van der Waals surface area contributed by atoms with Crippen LogP contribution in [0.2, 0.25) is 0 Å². The van der Waals surface area contributed by atoms with E-state index in [4.69, 9.17) is 4.74 Å². The Labute approximate surface area is 115 Å². The van der Waals surface area contributed by atoms with E-state index in [9.17, 15) is 4.79 Å². The molecular formula is C16H21NO2. The Morgan fingerprint density at radius 1 is 1.21 bits per heavy atom. The number of hydrogen-bond donors (Lipinski definition) is 1. The second-order valence-electron chi connectivity index (χ2n) is 4.13. The number of ether oxygens (including phenoxy) is 1. The Bertz CT molecular complexity index is 398. The molecule has 0 saturated carbocycles. The quantitative estimate of drug-likeness (QED) is 0.569.